The number of aromatic hydroxyl groups is 1. The third kappa shape index (κ3) is 4.90. The van der Waals surface area contributed by atoms with E-state index in [2.05, 4.69) is 19.9 Å². The fourth-order valence-electron chi connectivity index (χ4n) is 1.86. The number of phenols is 1. The molecule has 1 aromatic rings. The Morgan fingerprint density at radius 2 is 1.62 bits per heavy atom. The Morgan fingerprint density at radius 1 is 1.00 bits per heavy atom. The monoisotopic (exact) mass is 229 g/mol. The maximum absolute atomic E-state index is 9.82. The summed E-state index contributed by atoms with van der Waals surface area (Å²) in [4.78, 5) is 0. The van der Waals surface area contributed by atoms with Crippen molar-refractivity contribution in [3.8, 4) is 5.75 Å². The van der Waals surface area contributed by atoms with Gasteiger partial charge in [-0.3, -0.25) is 0 Å². The molecule has 0 fully saturated rings. The zero-order chi connectivity index (χ0) is 11.1. The molecule has 0 unspecified atom stereocenters. The molecule has 0 spiro atoms. The second-order valence-corrected chi connectivity index (χ2v) is 4.12. The molecule has 0 saturated heterocycles. The van der Waals surface area contributed by atoms with Gasteiger partial charge < -0.3 is 5.11 Å². The van der Waals surface area contributed by atoms with Crippen molar-refractivity contribution in [3.63, 3.8) is 0 Å². The average molecular weight is 229 g/mol. The van der Waals surface area contributed by atoms with E-state index >= 15 is 0 Å². The number of unbranched alkanes of at least 4 members (excludes halogenated alkanes) is 2. The normalized spacial score (nSPS) is 9.88. The Kier molecular flexibility index (Phi) is 9.10. The number of hydrogen-bond acceptors (Lipinski definition) is 1. The summed E-state index contributed by atoms with van der Waals surface area (Å²) in [6.45, 7) is 4.39. The van der Waals surface area contributed by atoms with Gasteiger partial charge in [-0.2, -0.15) is 0 Å². The van der Waals surface area contributed by atoms with Crippen molar-refractivity contribution in [2.45, 2.75) is 52.4 Å². The second-order valence-electron chi connectivity index (χ2n) is 4.12. The van der Waals surface area contributed by atoms with Crippen molar-refractivity contribution in [3.05, 3.63) is 29.3 Å². The predicted octanol–water partition coefficient (Wildman–Crippen LogP) is 3.70. The molecule has 0 aromatic heterocycles. The van der Waals surface area contributed by atoms with E-state index in [-0.39, 0.29) is 29.6 Å². The molecular weight excluding hydrogens is 207 g/mol. The van der Waals surface area contributed by atoms with Crippen LogP contribution in [0.25, 0.3) is 0 Å². The first-order chi connectivity index (χ1) is 7.29. The minimum absolute atomic E-state index is 0. The third-order valence-corrected chi connectivity index (χ3v) is 2.83. The van der Waals surface area contributed by atoms with Gasteiger partial charge in [0.15, 0.2) is 0 Å². The van der Waals surface area contributed by atoms with E-state index in [1.165, 1.54) is 30.4 Å². The molecule has 16 heavy (non-hydrogen) atoms. The van der Waals surface area contributed by atoms with Crippen LogP contribution in [-0.4, -0.2) is 34.7 Å². The molecule has 0 aliphatic heterocycles. The van der Waals surface area contributed by atoms with Crippen LogP contribution in [0.1, 0.15) is 50.7 Å². The minimum Gasteiger partial charge on any atom is -0.508 e. The SMILES string of the molecule is CCCCc1cccc(O)c1CCCC.[Na]. The van der Waals surface area contributed by atoms with Crippen molar-refractivity contribution in [1.29, 1.82) is 0 Å². The van der Waals surface area contributed by atoms with Gasteiger partial charge >= 0.3 is 0 Å². The average Bonchev–Trinajstić information content (AvgIpc) is 2.25. The predicted molar refractivity (Wildman–Crippen MR) is 71.1 cm³/mol. The molecule has 2 heteroatoms. The van der Waals surface area contributed by atoms with E-state index in [1.807, 2.05) is 6.07 Å². The number of aryl methyl sites for hydroxylation is 1. The van der Waals surface area contributed by atoms with E-state index in [1.54, 1.807) is 6.07 Å². The summed E-state index contributed by atoms with van der Waals surface area (Å²) in [5.41, 5.74) is 2.51. The van der Waals surface area contributed by atoms with Gasteiger partial charge in [0.1, 0.15) is 5.75 Å². The summed E-state index contributed by atoms with van der Waals surface area (Å²) >= 11 is 0. The largest absolute Gasteiger partial charge is 0.508 e. The van der Waals surface area contributed by atoms with Gasteiger partial charge in [-0.25, -0.2) is 0 Å². The van der Waals surface area contributed by atoms with E-state index in [4.69, 9.17) is 0 Å². The molecule has 0 bridgehead atoms. The second kappa shape index (κ2) is 9.09. The van der Waals surface area contributed by atoms with Crippen LogP contribution >= 0.6 is 0 Å². The fraction of sp³-hybridized carbons (Fsp3) is 0.571. The summed E-state index contributed by atoms with van der Waals surface area (Å²) in [5, 5.41) is 9.82. The Morgan fingerprint density at radius 3 is 2.25 bits per heavy atom. The van der Waals surface area contributed by atoms with Crippen LogP contribution in [0.5, 0.6) is 5.75 Å². The van der Waals surface area contributed by atoms with Gasteiger partial charge in [0.05, 0.1) is 0 Å². The number of benzene rings is 1. The first-order valence-corrected chi connectivity index (χ1v) is 6.09. The number of phenolic OH excluding ortho intramolecular Hbond substituents is 1. The van der Waals surface area contributed by atoms with E-state index in [9.17, 15) is 5.11 Å². The topological polar surface area (TPSA) is 20.2 Å². The van der Waals surface area contributed by atoms with Crippen LogP contribution in [0.3, 0.4) is 0 Å². The first-order valence-electron chi connectivity index (χ1n) is 6.09. The molecule has 0 aliphatic rings. The fourth-order valence-corrected chi connectivity index (χ4v) is 1.86. The Hall–Kier alpha value is 0.0200. The summed E-state index contributed by atoms with van der Waals surface area (Å²) in [5.74, 6) is 0.483. The van der Waals surface area contributed by atoms with Gasteiger partial charge in [-0.15, -0.1) is 0 Å². The van der Waals surface area contributed by atoms with Crippen molar-refractivity contribution < 1.29 is 5.11 Å². The molecule has 0 atom stereocenters. The van der Waals surface area contributed by atoms with Gasteiger partial charge in [0, 0.05) is 29.6 Å². The zero-order valence-corrected chi connectivity index (χ0v) is 12.9. The molecule has 1 rings (SSSR count). The molecule has 0 heterocycles. The van der Waals surface area contributed by atoms with Crippen LogP contribution in [0, 0.1) is 0 Å². The van der Waals surface area contributed by atoms with Crippen LogP contribution in [0.15, 0.2) is 18.2 Å². The molecule has 1 nitrogen and oxygen atoms in total. The molecule has 85 valence electrons. The van der Waals surface area contributed by atoms with Crippen LogP contribution in [0.4, 0.5) is 0 Å². The van der Waals surface area contributed by atoms with E-state index < -0.39 is 0 Å². The maximum atomic E-state index is 9.82. The van der Waals surface area contributed by atoms with Crippen molar-refractivity contribution in [1.82, 2.24) is 0 Å². The van der Waals surface area contributed by atoms with Crippen LogP contribution in [0.2, 0.25) is 0 Å². The third-order valence-electron chi connectivity index (χ3n) is 2.83. The van der Waals surface area contributed by atoms with Crippen molar-refractivity contribution >= 4 is 29.6 Å². The summed E-state index contributed by atoms with van der Waals surface area (Å²) in [6.07, 6.45) is 6.88. The molecule has 1 radical (unpaired) electrons. The maximum Gasteiger partial charge on any atom is 0.119 e. The number of hydrogen-bond donors (Lipinski definition) is 1. The smallest absolute Gasteiger partial charge is 0.119 e. The van der Waals surface area contributed by atoms with Gasteiger partial charge in [-0.05, 0) is 42.9 Å². The molecule has 0 amide bonds. The Bertz CT molecular complexity index is 297. The molecular formula is C14H22NaO. The van der Waals surface area contributed by atoms with Crippen LogP contribution < -0.4 is 0 Å². The minimum atomic E-state index is 0. The van der Waals surface area contributed by atoms with E-state index in [0.717, 1.165) is 19.3 Å². The van der Waals surface area contributed by atoms with Gasteiger partial charge in [0.2, 0.25) is 0 Å². The Balaban J connectivity index is 0.00000225. The molecule has 0 aliphatic carbocycles. The van der Waals surface area contributed by atoms with Crippen molar-refractivity contribution in [2.75, 3.05) is 0 Å². The standard InChI is InChI=1S/C14H22O.Na/c1-3-5-8-12-9-7-11-14(15)13(12)10-6-4-2;/h7,9,11,15H,3-6,8,10H2,1-2H3;. The first kappa shape index (κ1) is 16.0. The van der Waals surface area contributed by atoms with E-state index in [0.29, 0.717) is 5.75 Å². The number of rotatable bonds is 6. The zero-order valence-electron chi connectivity index (χ0n) is 10.9. The summed E-state index contributed by atoms with van der Waals surface area (Å²) in [7, 11) is 0. The summed E-state index contributed by atoms with van der Waals surface area (Å²) < 4.78 is 0. The molecule has 1 aromatic carbocycles. The van der Waals surface area contributed by atoms with Gasteiger partial charge in [-0.1, -0.05) is 38.8 Å². The van der Waals surface area contributed by atoms with Crippen LogP contribution in [-0.2, 0) is 12.8 Å². The Labute approximate surface area is 122 Å². The molecule has 0 saturated carbocycles. The molecule has 1 N–H and O–H groups in total. The summed E-state index contributed by atoms with van der Waals surface area (Å²) in [6, 6.07) is 5.91. The van der Waals surface area contributed by atoms with Gasteiger partial charge in [0.25, 0.3) is 0 Å². The van der Waals surface area contributed by atoms with Crippen molar-refractivity contribution in [2.24, 2.45) is 0 Å². The quantitative estimate of drug-likeness (QED) is 0.737.